The van der Waals surface area contributed by atoms with Crippen LogP contribution >= 0.6 is 0 Å². The van der Waals surface area contributed by atoms with E-state index < -0.39 is 5.41 Å². The molecule has 262 valence electrons. The lowest BCUT2D eigenvalue weighted by Gasteiger charge is -2.39. The largest absolute Gasteiger partial charge is 0.457 e. The van der Waals surface area contributed by atoms with Crippen LogP contribution in [-0.4, -0.2) is 9.97 Å². The van der Waals surface area contributed by atoms with Crippen LogP contribution < -0.4 is 4.74 Å². The van der Waals surface area contributed by atoms with E-state index in [0.29, 0.717) is 11.8 Å². The van der Waals surface area contributed by atoms with Gasteiger partial charge in [0.05, 0.1) is 5.41 Å². The van der Waals surface area contributed by atoms with Crippen molar-refractivity contribution in [1.29, 1.82) is 0 Å². The second-order valence-corrected chi connectivity index (χ2v) is 14.5. The molecule has 10 aromatic rings. The summed E-state index contributed by atoms with van der Waals surface area (Å²) < 4.78 is 19.1. The van der Waals surface area contributed by atoms with Gasteiger partial charge in [0.2, 0.25) is 11.8 Å². The van der Waals surface area contributed by atoms with E-state index in [-0.39, 0.29) is 0 Å². The molecule has 8 aromatic carbocycles. The molecule has 0 N–H and O–H groups in total. The number of nitrogens with zero attached hydrogens (tertiary/aromatic N) is 2. The fourth-order valence-electron chi connectivity index (χ4n) is 8.92. The first-order chi connectivity index (χ1) is 27.7. The Bertz CT molecular complexity index is 2990. The van der Waals surface area contributed by atoms with Crippen LogP contribution in [0.15, 0.2) is 191 Å². The van der Waals surface area contributed by atoms with Crippen molar-refractivity contribution in [3.8, 4) is 67.8 Å². The molecule has 12 rings (SSSR count). The van der Waals surface area contributed by atoms with E-state index in [9.17, 15) is 0 Å². The van der Waals surface area contributed by atoms with E-state index in [1.54, 1.807) is 0 Å². The van der Waals surface area contributed by atoms with Crippen molar-refractivity contribution in [3.63, 3.8) is 0 Å². The minimum atomic E-state index is -0.514. The number of oxazole rings is 2. The number of fused-ring (bicyclic) bond motifs is 11. The Hall–Kier alpha value is -7.50. The van der Waals surface area contributed by atoms with Gasteiger partial charge < -0.3 is 13.6 Å². The topological polar surface area (TPSA) is 61.3 Å². The van der Waals surface area contributed by atoms with Crippen molar-refractivity contribution in [1.82, 2.24) is 9.97 Å². The summed E-state index contributed by atoms with van der Waals surface area (Å²) in [7, 11) is 0. The lowest BCUT2D eigenvalue weighted by molar-refractivity contribution is 0.436. The van der Waals surface area contributed by atoms with Crippen molar-refractivity contribution in [2.75, 3.05) is 0 Å². The van der Waals surface area contributed by atoms with E-state index in [2.05, 4.69) is 127 Å². The maximum atomic E-state index is 6.55. The SMILES string of the molecule is c1ccc2c(c1)Oc1ccccc1C21c2ccccc2-c2ccc(-c3ccc(-c4cc(-c5nc6ccccc6o5)cc(-c5nc6ccccc6o5)c4)cc3)cc21. The summed E-state index contributed by atoms with van der Waals surface area (Å²) in [4.78, 5) is 9.66. The van der Waals surface area contributed by atoms with E-state index in [0.717, 1.165) is 78.2 Å². The Morgan fingerprint density at radius 1 is 0.339 bits per heavy atom. The fourth-order valence-corrected chi connectivity index (χ4v) is 8.92. The van der Waals surface area contributed by atoms with Crippen LogP contribution in [0.5, 0.6) is 11.5 Å². The first kappa shape index (κ1) is 30.9. The van der Waals surface area contributed by atoms with Gasteiger partial charge in [0, 0.05) is 22.3 Å². The summed E-state index contributed by atoms with van der Waals surface area (Å²) in [5, 5.41) is 0. The second kappa shape index (κ2) is 11.7. The van der Waals surface area contributed by atoms with Crippen molar-refractivity contribution in [3.05, 3.63) is 204 Å². The molecule has 0 saturated heterocycles. The number of para-hydroxylation sites is 6. The highest BCUT2D eigenvalue weighted by Crippen LogP contribution is 2.62. The minimum absolute atomic E-state index is 0.514. The zero-order chi connectivity index (χ0) is 36.8. The molecule has 0 unspecified atom stereocenters. The van der Waals surface area contributed by atoms with E-state index in [1.807, 2.05) is 54.6 Å². The summed E-state index contributed by atoms with van der Waals surface area (Å²) in [5.74, 6) is 2.87. The van der Waals surface area contributed by atoms with Crippen molar-refractivity contribution in [2.24, 2.45) is 0 Å². The Balaban J connectivity index is 0.991. The summed E-state index contributed by atoms with van der Waals surface area (Å²) in [6, 6.07) is 63.5. The summed E-state index contributed by atoms with van der Waals surface area (Å²) in [6.07, 6.45) is 0. The van der Waals surface area contributed by atoms with Crippen LogP contribution in [0.3, 0.4) is 0 Å². The van der Waals surface area contributed by atoms with Crippen LogP contribution in [0.1, 0.15) is 22.3 Å². The molecule has 2 aromatic heterocycles. The molecule has 5 nitrogen and oxygen atoms in total. The Morgan fingerprint density at radius 3 is 1.41 bits per heavy atom. The number of rotatable bonds is 4. The molecule has 1 aliphatic carbocycles. The van der Waals surface area contributed by atoms with Gasteiger partial charge in [-0.15, -0.1) is 0 Å². The van der Waals surface area contributed by atoms with Gasteiger partial charge in [-0.25, -0.2) is 9.97 Å². The second-order valence-electron chi connectivity index (χ2n) is 14.5. The highest BCUT2D eigenvalue weighted by Gasteiger charge is 2.51. The van der Waals surface area contributed by atoms with Gasteiger partial charge in [-0.3, -0.25) is 0 Å². The molecule has 1 spiro atoms. The maximum Gasteiger partial charge on any atom is 0.227 e. The zero-order valence-electron chi connectivity index (χ0n) is 29.9. The van der Waals surface area contributed by atoms with Crippen molar-refractivity contribution >= 4 is 22.2 Å². The molecule has 0 atom stereocenters. The van der Waals surface area contributed by atoms with Crippen LogP contribution in [0, 0.1) is 0 Å². The predicted octanol–water partition coefficient (Wildman–Crippen LogP) is 13.1. The summed E-state index contributed by atoms with van der Waals surface area (Å²) in [6.45, 7) is 0. The van der Waals surface area contributed by atoms with Crippen LogP contribution in [-0.2, 0) is 5.41 Å². The molecule has 5 heteroatoms. The van der Waals surface area contributed by atoms with E-state index in [4.69, 9.17) is 23.5 Å². The van der Waals surface area contributed by atoms with Gasteiger partial charge in [-0.1, -0.05) is 121 Å². The number of aromatic nitrogens is 2. The lowest BCUT2D eigenvalue weighted by atomic mass is 9.66. The molecular formula is C51H30N2O3. The summed E-state index contributed by atoms with van der Waals surface area (Å²) in [5.41, 5.74) is 16.0. The predicted molar refractivity (Wildman–Crippen MR) is 221 cm³/mol. The fraction of sp³-hybridized carbons (Fsp3) is 0.0196. The minimum Gasteiger partial charge on any atom is -0.457 e. The molecule has 0 bridgehead atoms. The third-order valence-electron chi connectivity index (χ3n) is 11.4. The van der Waals surface area contributed by atoms with Crippen LogP contribution in [0.2, 0.25) is 0 Å². The first-order valence-electron chi connectivity index (χ1n) is 18.8. The van der Waals surface area contributed by atoms with Gasteiger partial charge in [-0.2, -0.15) is 0 Å². The highest BCUT2D eigenvalue weighted by atomic mass is 16.5. The van der Waals surface area contributed by atoms with Gasteiger partial charge in [0.25, 0.3) is 0 Å². The van der Waals surface area contributed by atoms with Gasteiger partial charge in [0.15, 0.2) is 11.2 Å². The average Bonchev–Trinajstić information content (AvgIpc) is 3.98. The lowest BCUT2D eigenvalue weighted by Crippen LogP contribution is -2.32. The van der Waals surface area contributed by atoms with Crippen LogP contribution in [0.4, 0.5) is 0 Å². The Kier molecular flexibility index (Phi) is 6.48. The normalized spacial score (nSPS) is 13.3. The Labute approximate surface area is 322 Å². The molecule has 0 fully saturated rings. The van der Waals surface area contributed by atoms with Gasteiger partial charge in [-0.05, 0) is 105 Å². The highest BCUT2D eigenvalue weighted by molar-refractivity contribution is 5.91. The van der Waals surface area contributed by atoms with Crippen molar-refractivity contribution < 1.29 is 13.6 Å². The maximum absolute atomic E-state index is 6.55. The molecule has 1 aliphatic heterocycles. The molecule has 0 amide bonds. The average molecular weight is 719 g/mol. The number of hydrogen-bond donors (Lipinski definition) is 0. The van der Waals surface area contributed by atoms with E-state index in [1.165, 1.54) is 22.3 Å². The number of benzene rings is 8. The van der Waals surface area contributed by atoms with Crippen molar-refractivity contribution in [2.45, 2.75) is 5.41 Å². The molecule has 0 saturated carbocycles. The monoisotopic (exact) mass is 718 g/mol. The quantitative estimate of drug-likeness (QED) is 0.181. The standard InChI is InChI=1S/C51H30N2O3/c1-2-12-39-37(11-1)38-26-25-33(30-42(38)51(39)40-13-3-7-17-45(40)54-46-18-8-4-14-41(46)51)31-21-23-32(24-22-31)34-27-35(49-52-43-15-5-9-19-47(43)55-49)29-36(28-34)50-53-44-16-6-10-20-48(44)56-50/h1-30H. The number of ether oxygens (including phenoxy) is 1. The van der Waals surface area contributed by atoms with Gasteiger partial charge in [0.1, 0.15) is 22.5 Å². The third kappa shape index (κ3) is 4.49. The molecule has 2 aliphatic rings. The third-order valence-corrected chi connectivity index (χ3v) is 11.4. The molecule has 3 heterocycles. The molecule has 0 radical (unpaired) electrons. The van der Waals surface area contributed by atoms with E-state index >= 15 is 0 Å². The molecule has 56 heavy (non-hydrogen) atoms. The zero-order valence-corrected chi connectivity index (χ0v) is 29.9. The molecular weight excluding hydrogens is 689 g/mol. The smallest absolute Gasteiger partial charge is 0.227 e. The van der Waals surface area contributed by atoms with Crippen LogP contribution in [0.25, 0.3) is 78.5 Å². The Morgan fingerprint density at radius 2 is 0.804 bits per heavy atom. The first-order valence-corrected chi connectivity index (χ1v) is 18.8. The summed E-state index contributed by atoms with van der Waals surface area (Å²) >= 11 is 0. The number of hydrogen-bond acceptors (Lipinski definition) is 5. The van der Waals surface area contributed by atoms with Gasteiger partial charge >= 0.3 is 0 Å².